The number of hydrogen-bond acceptors (Lipinski definition) is 6. The van der Waals surface area contributed by atoms with Crippen LogP contribution in [0, 0.1) is 11.6 Å². The summed E-state index contributed by atoms with van der Waals surface area (Å²) in [7, 11) is 0. The summed E-state index contributed by atoms with van der Waals surface area (Å²) in [6, 6.07) is 19.5. The summed E-state index contributed by atoms with van der Waals surface area (Å²) in [6.07, 6.45) is -1.54. The number of anilines is 1. The largest absolute Gasteiger partial charge is 0.490 e. The highest BCUT2D eigenvalue weighted by atomic mass is 32.1. The number of alkyl halides is 3. The van der Waals surface area contributed by atoms with Crippen molar-refractivity contribution in [3.05, 3.63) is 101 Å². The number of rotatable bonds is 9. The summed E-state index contributed by atoms with van der Waals surface area (Å²) in [5.74, 6) is -4.00. The number of thiazole rings is 1. The van der Waals surface area contributed by atoms with Gasteiger partial charge in [-0.1, -0.05) is 47.7 Å². The molecule has 0 unspecified atom stereocenters. The van der Waals surface area contributed by atoms with Crippen LogP contribution in [0.4, 0.5) is 27.0 Å². The zero-order valence-electron chi connectivity index (χ0n) is 23.8. The fourth-order valence-corrected chi connectivity index (χ4v) is 5.68. The van der Waals surface area contributed by atoms with Crippen molar-refractivity contribution in [1.82, 2.24) is 4.98 Å². The highest BCUT2D eigenvalue weighted by Crippen LogP contribution is 2.39. The van der Waals surface area contributed by atoms with Gasteiger partial charge in [-0.25, -0.2) is 18.6 Å². The van der Waals surface area contributed by atoms with Crippen molar-refractivity contribution >= 4 is 28.3 Å². The second-order valence-electron chi connectivity index (χ2n) is 10.2. The minimum atomic E-state index is -5.08. The Bertz CT molecular complexity index is 1610. The summed E-state index contributed by atoms with van der Waals surface area (Å²) >= 11 is 1.47. The first-order valence-corrected chi connectivity index (χ1v) is 14.7. The van der Waals surface area contributed by atoms with Crippen LogP contribution in [0.2, 0.25) is 0 Å². The number of fused-ring (bicyclic) bond motifs is 1. The molecule has 0 spiro atoms. The third-order valence-corrected chi connectivity index (χ3v) is 8.00. The molecular formula is C32H29F5N2O5S. The molecule has 0 saturated carbocycles. The lowest BCUT2D eigenvalue weighted by Gasteiger charge is -2.22. The van der Waals surface area contributed by atoms with E-state index >= 15 is 0 Å². The van der Waals surface area contributed by atoms with Crippen LogP contribution in [0.25, 0.3) is 10.6 Å². The van der Waals surface area contributed by atoms with Crippen molar-refractivity contribution in [2.75, 3.05) is 11.4 Å². The number of carboxylic acid groups (broad SMARTS) is 2. The molecule has 45 heavy (non-hydrogen) atoms. The molecule has 2 N–H and O–H groups in total. The normalized spacial score (nSPS) is 12.9. The standard InChI is InChI=1S/C30H28F2N2O3S.C2HF3O2/c31-23-11-14-25(26(32)17-23)29-33-27-3-1-2-16-34(30(27)38-29)18-21-4-6-22(7-5-21)19-37-24-12-8-20(9-13-24)10-15-28(35)36;3-2(4,5)1(6)7/h4-9,11-14,17H,1-3,10,15-16,18-19H2,(H,35,36);(H,6,7). The van der Waals surface area contributed by atoms with E-state index in [1.807, 2.05) is 24.3 Å². The maximum absolute atomic E-state index is 14.4. The van der Waals surface area contributed by atoms with Gasteiger partial charge >= 0.3 is 18.1 Å². The molecule has 0 saturated heterocycles. The molecular weight excluding hydrogens is 619 g/mol. The van der Waals surface area contributed by atoms with Crippen molar-refractivity contribution in [3.8, 4) is 16.3 Å². The Morgan fingerprint density at radius 1 is 0.911 bits per heavy atom. The molecule has 0 amide bonds. The van der Waals surface area contributed by atoms with E-state index in [0.717, 1.165) is 71.6 Å². The molecule has 3 aromatic carbocycles. The Morgan fingerprint density at radius 2 is 1.56 bits per heavy atom. The minimum absolute atomic E-state index is 0.113. The Kier molecular flexibility index (Phi) is 11.1. The number of hydrogen-bond donors (Lipinski definition) is 2. The number of aryl methyl sites for hydroxylation is 2. The maximum Gasteiger partial charge on any atom is 0.490 e. The van der Waals surface area contributed by atoms with E-state index in [9.17, 15) is 26.7 Å². The predicted octanol–water partition coefficient (Wildman–Crippen LogP) is 7.66. The molecule has 0 atom stereocenters. The van der Waals surface area contributed by atoms with Crippen LogP contribution in [0.5, 0.6) is 5.75 Å². The molecule has 2 heterocycles. The number of benzene rings is 3. The van der Waals surface area contributed by atoms with Gasteiger partial charge in [0.2, 0.25) is 0 Å². The molecule has 1 aliphatic heterocycles. The van der Waals surface area contributed by atoms with Crippen molar-refractivity contribution in [3.63, 3.8) is 0 Å². The number of carboxylic acids is 2. The monoisotopic (exact) mass is 648 g/mol. The second kappa shape index (κ2) is 15.0. The summed E-state index contributed by atoms with van der Waals surface area (Å²) in [4.78, 5) is 26.7. The number of aliphatic carboxylic acids is 2. The highest BCUT2D eigenvalue weighted by molar-refractivity contribution is 7.19. The second-order valence-corrected chi connectivity index (χ2v) is 11.2. The van der Waals surface area contributed by atoms with Crippen LogP contribution in [-0.4, -0.2) is 39.9 Å². The predicted molar refractivity (Wildman–Crippen MR) is 158 cm³/mol. The molecule has 4 aromatic rings. The fourth-order valence-electron chi connectivity index (χ4n) is 4.51. The third kappa shape index (κ3) is 9.73. The minimum Gasteiger partial charge on any atom is -0.489 e. The van der Waals surface area contributed by atoms with Gasteiger partial charge in [-0.2, -0.15) is 13.2 Å². The van der Waals surface area contributed by atoms with Gasteiger partial charge < -0.3 is 19.8 Å². The molecule has 1 aromatic heterocycles. The highest BCUT2D eigenvalue weighted by Gasteiger charge is 2.38. The van der Waals surface area contributed by atoms with Gasteiger partial charge in [0.1, 0.15) is 34.0 Å². The number of nitrogens with zero attached hydrogens (tertiary/aromatic N) is 2. The molecule has 7 nitrogen and oxygen atoms in total. The van der Waals surface area contributed by atoms with E-state index in [4.69, 9.17) is 24.7 Å². The smallest absolute Gasteiger partial charge is 0.489 e. The topological polar surface area (TPSA) is 100.0 Å². The van der Waals surface area contributed by atoms with Gasteiger partial charge in [-0.05, 0) is 66.6 Å². The lowest BCUT2D eigenvalue weighted by atomic mass is 10.1. The number of ether oxygens (including phenoxy) is 1. The van der Waals surface area contributed by atoms with Crippen LogP contribution in [0.3, 0.4) is 0 Å². The molecule has 238 valence electrons. The SMILES string of the molecule is O=C(O)C(F)(F)F.O=C(O)CCc1ccc(OCc2ccc(CN3CCCCc4nc(-c5ccc(F)cc5F)sc43)cc2)cc1. The van der Waals surface area contributed by atoms with Crippen LogP contribution in [-0.2, 0) is 35.6 Å². The van der Waals surface area contributed by atoms with Gasteiger partial charge in [-0.15, -0.1) is 0 Å². The Morgan fingerprint density at radius 3 is 2.18 bits per heavy atom. The van der Waals surface area contributed by atoms with Crippen LogP contribution >= 0.6 is 11.3 Å². The molecule has 13 heteroatoms. The lowest BCUT2D eigenvalue weighted by molar-refractivity contribution is -0.192. The Labute approximate surface area is 259 Å². The summed E-state index contributed by atoms with van der Waals surface area (Å²) in [6.45, 7) is 2.05. The summed E-state index contributed by atoms with van der Waals surface area (Å²) < 4.78 is 65.4. The van der Waals surface area contributed by atoms with Gasteiger partial charge in [0, 0.05) is 31.1 Å². The van der Waals surface area contributed by atoms with Crippen LogP contribution in [0.15, 0.2) is 66.7 Å². The average Bonchev–Trinajstić information content (AvgIpc) is 3.32. The fraction of sp³-hybridized carbons (Fsp3) is 0.281. The first-order valence-electron chi connectivity index (χ1n) is 13.9. The van der Waals surface area contributed by atoms with Gasteiger partial charge in [-0.3, -0.25) is 4.79 Å². The third-order valence-electron chi connectivity index (χ3n) is 6.81. The van der Waals surface area contributed by atoms with Crippen molar-refractivity contribution in [1.29, 1.82) is 0 Å². The number of carbonyl (C=O) groups is 2. The molecule has 0 fully saturated rings. The molecule has 1 aliphatic rings. The van der Waals surface area contributed by atoms with Crippen molar-refractivity contribution in [2.24, 2.45) is 0 Å². The summed E-state index contributed by atoms with van der Waals surface area (Å²) in [5, 5.41) is 17.6. The number of halogens is 5. The molecule has 0 radical (unpaired) electrons. The van der Waals surface area contributed by atoms with E-state index in [1.54, 1.807) is 0 Å². The van der Waals surface area contributed by atoms with E-state index < -0.39 is 29.7 Å². The number of aromatic nitrogens is 1. The van der Waals surface area contributed by atoms with Gasteiger partial charge in [0.15, 0.2) is 0 Å². The maximum atomic E-state index is 14.4. The van der Waals surface area contributed by atoms with Crippen molar-refractivity contribution < 1.29 is 46.5 Å². The van der Waals surface area contributed by atoms with Gasteiger partial charge in [0.25, 0.3) is 0 Å². The zero-order chi connectivity index (χ0) is 32.6. The molecule has 0 bridgehead atoms. The molecule has 5 rings (SSSR count). The Balaban J connectivity index is 0.000000591. The van der Waals surface area contributed by atoms with Crippen molar-refractivity contribution in [2.45, 2.75) is 51.4 Å². The first kappa shape index (κ1) is 33.4. The van der Waals surface area contributed by atoms with E-state index in [2.05, 4.69) is 29.2 Å². The molecule has 0 aliphatic carbocycles. The Hall–Kier alpha value is -4.52. The van der Waals surface area contributed by atoms with Crippen LogP contribution in [0.1, 0.15) is 41.6 Å². The average molecular weight is 649 g/mol. The van der Waals surface area contributed by atoms with E-state index in [-0.39, 0.29) is 6.42 Å². The zero-order valence-corrected chi connectivity index (χ0v) is 24.6. The van der Waals surface area contributed by atoms with E-state index in [0.29, 0.717) is 23.6 Å². The quantitative estimate of drug-likeness (QED) is 0.180. The first-order chi connectivity index (χ1) is 21.4. The van der Waals surface area contributed by atoms with Gasteiger partial charge in [0.05, 0.1) is 5.69 Å². The van der Waals surface area contributed by atoms with E-state index in [1.165, 1.54) is 23.5 Å². The lowest BCUT2D eigenvalue weighted by Crippen LogP contribution is -2.22. The van der Waals surface area contributed by atoms with Crippen LogP contribution < -0.4 is 9.64 Å². The summed E-state index contributed by atoms with van der Waals surface area (Å²) in [5.41, 5.74) is 4.49.